The summed E-state index contributed by atoms with van der Waals surface area (Å²) in [7, 11) is 1.59. The zero-order valence-corrected chi connectivity index (χ0v) is 12.8. The number of benzene rings is 2. The van der Waals surface area contributed by atoms with E-state index in [-0.39, 0.29) is 5.91 Å². The molecule has 0 aliphatic rings. The van der Waals surface area contributed by atoms with Crippen molar-refractivity contribution in [3.8, 4) is 11.5 Å². The van der Waals surface area contributed by atoms with E-state index in [0.717, 1.165) is 5.57 Å². The van der Waals surface area contributed by atoms with E-state index in [2.05, 4.69) is 11.9 Å². The highest BCUT2D eigenvalue weighted by Crippen LogP contribution is 2.25. The number of hydrogen-bond donors (Lipinski definition) is 1. The van der Waals surface area contributed by atoms with Crippen molar-refractivity contribution in [2.75, 3.05) is 19.0 Å². The summed E-state index contributed by atoms with van der Waals surface area (Å²) in [5, 5.41) is 2.85. The fourth-order valence-electron chi connectivity index (χ4n) is 1.83. The number of carbonyl (C=O) groups is 1. The molecule has 4 heteroatoms. The third-order valence-corrected chi connectivity index (χ3v) is 2.96. The van der Waals surface area contributed by atoms with Crippen molar-refractivity contribution in [2.45, 2.75) is 6.92 Å². The largest absolute Gasteiger partial charge is 0.497 e. The number of nitrogens with one attached hydrogen (secondary N) is 1. The van der Waals surface area contributed by atoms with Crippen LogP contribution in [0.3, 0.4) is 0 Å². The Morgan fingerprint density at radius 1 is 1.14 bits per heavy atom. The first kappa shape index (κ1) is 15.6. The highest BCUT2D eigenvalue weighted by Gasteiger charge is 2.10. The molecular formula is C18H19NO3. The van der Waals surface area contributed by atoms with Crippen LogP contribution in [0, 0.1) is 0 Å². The van der Waals surface area contributed by atoms with Crippen LogP contribution >= 0.6 is 0 Å². The van der Waals surface area contributed by atoms with Crippen LogP contribution in [0.5, 0.6) is 11.5 Å². The van der Waals surface area contributed by atoms with Gasteiger partial charge in [-0.25, -0.2) is 0 Å². The van der Waals surface area contributed by atoms with Crippen molar-refractivity contribution >= 4 is 11.6 Å². The van der Waals surface area contributed by atoms with Gasteiger partial charge in [-0.05, 0) is 48.9 Å². The van der Waals surface area contributed by atoms with E-state index in [1.54, 1.807) is 37.4 Å². The molecule has 0 fully saturated rings. The first-order chi connectivity index (χ1) is 10.6. The molecule has 0 saturated carbocycles. The lowest BCUT2D eigenvalue weighted by Crippen LogP contribution is -2.13. The Bertz CT molecular complexity index is 662. The number of para-hydroxylation sites is 2. The number of anilines is 1. The SMILES string of the molecule is C=C(C)COc1ccccc1NC(=O)c1ccc(OC)cc1. The monoisotopic (exact) mass is 297 g/mol. The average Bonchev–Trinajstić information content (AvgIpc) is 2.54. The number of methoxy groups -OCH3 is 1. The summed E-state index contributed by atoms with van der Waals surface area (Å²) < 4.78 is 10.7. The number of rotatable bonds is 6. The number of carbonyl (C=O) groups excluding carboxylic acids is 1. The molecule has 0 saturated heterocycles. The lowest BCUT2D eigenvalue weighted by molar-refractivity contribution is 0.102. The average molecular weight is 297 g/mol. The zero-order chi connectivity index (χ0) is 15.9. The zero-order valence-electron chi connectivity index (χ0n) is 12.8. The van der Waals surface area contributed by atoms with Crippen molar-refractivity contribution in [3.05, 3.63) is 66.2 Å². The van der Waals surface area contributed by atoms with E-state index in [0.29, 0.717) is 29.4 Å². The van der Waals surface area contributed by atoms with Gasteiger partial charge in [-0.3, -0.25) is 4.79 Å². The lowest BCUT2D eigenvalue weighted by atomic mass is 10.2. The van der Waals surface area contributed by atoms with Gasteiger partial charge in [-0.15, -0.1) is 0 Å². The molecule has 0 unspecified atom stereocenters. The first-order valence-corrected chi connectivity index (χ1v) is 6.92. The Balaban J connectivity index is 2.11. The van der Waals surface area contributed by atoms with Gasteiger partial charge in [-0.1, -0.05) is 18.7 Å². The summed E-state index contributed by atoms with van der Waals surface area (Å²) in [5.41, 5.74) is 2.09. The minimum Gasteiger partial charge on any atom is -0.497 e. The van der Waals surface area contributed by atoms with Gasteiger partial charge < -0.3 is 14.8 Å². The molecule has 0 aromatic heterocycles. The number of ether oxygens (including phenoxy) is 2. The molecule has 0 bridgehead atoms. The highest BCUT2D eigenvalue weighted by atomic mass is 16.5. The first-order valence-electron chi connectivity index (χ1n) is 6.92. The quantitative estimate of drug-likeness (QED) is 0.823. The topological polar surface area (TPSA) is 47.6 Å². The minimum absolute atomic E-state index is 0.200. The summed E-state index contributed by atoms with van der Waals surface area (Å²) in [6.45, 7) is 6.10. The molecule has 1 amide bonds. The maximum Gasteiger partial charge on any atom is 0.255 e. The molecule has 0 aliphatic heterocycles. The van der Waals surface area contributed by atoms with E-state index >= 15 is 0 Å². The standard InChI is InChI=1S/C18H19NO3/c1-13(2)12-22-17-7-5-4-6-16(17)19-18(20)14-8-10-15(21-3)11-9-14/h4-11H,1,12H2,2-3H3,(H,19,20). The molecular weight excluding hydrogens is 278 g/mol. The van der Waals surface area contributed by atoms with Gasteiger partial charge in [0.15, 0.2) is 0 Å². The van der Waals surface area contributed by atoms with Gasteiger partial charge in [0.25, 0.3) is 5.91 Å². The van der Waals surface area contributed by atoms with Crippen LogP contribution < -0.4 is 14.8 Å². The summed E-state index contributed by atoms with van der Waals surface area (Å²) in [4.78, 5) is 12.3. The van der Waals surface area contributed by atoms with Gasteiger partial charge in [0.2, 0.25) is 0 Å². The van der Waals surface area contributed by atoms with E-state index < -0.39 is 0 Å². The Hall–Kier alpha value is -2.75. The van der Waals surface area contributed by atoms with Gasteiger partial charge in [0, 0.05) is 5.56 Å². The predicted octanol–water partition coefficient (Wildman–Crippen LogP) is 3.90. The molecule has 0 spiro atoms. The molecule has 2 aromatic carbocycles. The molecule has 0 radical (unpaired) electrons. The molecule has 2 aromatic rings. The Morgan fingerprint density at radius 2 is 1.82 bits per heavy atom. The molecule has 4 nitrogen and oxygen atoms in total. The van der Waals surface area contributed by atoms with Crippen molar-refractivity contribution in [1.82, 2.24) is 0 Å². The molecule has 1 N–H and O–H groups in total. The maximum absolute atomic E-state index is 12.3. The fraction of sp³-hybridized carbons (Fsp3) is 0.167. The Kier molecular flexibility index (Phi) is 5.20. The minimum atomic E-state index is -0.200. The van der Waals surface area contributed by atoms with E-state index in [1.807, 2.05) is 25.1 Å². The van der Waals surface area contributed by atoms with Gasteiger partial charge >= 0.3 is 0 Å². The van der Waals surface area contributed by atoms with Crippen molar-refractivity contribution in [2.24, 2.45) is 0 Å². The van der Waals surface area contributed by atoms with Crippen LogP contribution in [-0.2, 0) is 0 Å². The Labute approximate surface area is 130 Å². The van der Waals surface area contributed by atoms with Crippen LogP contribution in [0.1, 0.15) is 17.3 Å². The smallest absolute Gasteiger partial charge is 0.255 e. The van der Waals surface area contributed by atoms with Gasteiger partial charge in [0.05, 0.1) is 12.8 Å². The Morgan fingerprint density at radius 3 is 2.45 bits per heavy atom. The molecule has 22 heavy (non-hydrogen) atoms. The van der Waals surface area contributed by atoms with Crippen molar-refractivity contribution in [3.63, 3.8) is 0 Å². The van der Waals surface area contributed by atoms with Crippen LogP contribution in [0.4, 0.5) is 5.69 Å². The van der Waals surface area contributed by atoms with Crippen LogP contribution in [0.15, 0.2) is 60.7 Å². The van der Waals surface area contributed by atoms with E-state index in [9.17, 15) is 4.79 Å². The van der Waals surface area contributed by atoms with E-state index in [4.69, 9.17) is 9.47 Å². The predicted molar refractivity (Wildman–Crippen MR) is 87.7 cm³/mol. The molecule has 0 atom stereocenters. The highest BCUT2D eigenvalue weighted by molar-refractivity contribution is 6.05. The van der Waals surface area contributed by atoms with Crippen LogP contribution in [0.25, 0.3) is 0 Å². The maximum atomic E-state index is 12.3. The van der Waals surface area contributed by atoms with E-state index in [1.165, 1.54) is 0 Å². The summed E-state index contributed by atoms with van der Waals surface area (Å²) >= 11 is 0. The normalized spacial score (nSPS) is 9.91. The summed E-state index contributed by atoms with van der Waals surface area (Å²) in [6.07, 6.45) is 0. The van der Waals surface area contributed by atoms with Crippen LogP contribution in [0.2, 0.25) is 0 Å². The second-order valence-electron chi connectivity index (χ2n) is 4.92. The van der Waals surface area contributed by atoms with Crippen molar-refractivity contribution < 1.29 is 14.3 Å². The van der Waals surface area contributed by atoms with Gasteiger partial charge in [0.1, 0.15) is 18.1 Å². The number of hydrogen-bond acceptors (Lipinski definition) is 3. The third kappa shape index (κ3) is 4.12. The second kappa shape index (κ2) is 7.31. The van der Waals surface area contributed by atoms with Crippen molar-refractivity contribution in [1.29, 1.82) is 0 Å². The molecule has 0 aliphatic carbocycles. The fourth-order valence-corrected chi connectivity index (χ4v) is 1.83. The third-order valence-electron chi connectivity index (χ3n) is 2.96. The number of amides is 1. The molecule has 114 valence electrons. The molecule has 0 heterocycles. The molecule has 2 rings (SSSR count). The summed E-state index contributed by atoms with van der Waals surface area (Å²) in [6, 6.07) is 14.2. The van der Waals surface area contributed by atoms with Gasteiger partial charge in [-0.2, -0.15) is 0 Å². The summed E-state index contributed by atoms with van der Waals surface area (Å²) in [5.74, 6) is 1.13. The lowest BCUT2D eigenvalue weighted by Gasteiger charge is -2.12. The van der Waals surface area contributed by atoms with Crippen LogP contribution in [-0.4, -0.2) is 19.6 Å². The second-order valence-corrected chi connectivity index (χ2v) is 4.92.